The molecule has 1 aliphatic carbocycles. The van der Waals surface area contributed by atoms with Crippen LogP contribution in [0, 0.1) is 0 Å². The van der Waals surface area contributed by atoms with E-state index in [4.69, 9.17) is 0 Å². The molecule has 2 aromatic heterocycles. The van der Waals surface area contributed by atoms with Gasteiger partial charge in [-0.15, -0.1) is 0 Å². The largest absolute Gasteiger partial charge is 0.309 e. The third-order valence-electron chi connectivity index (χ3n) is 10.5. The van der Waals surface area contributed by atoms with Gasteiger partial charge in [0, 0.05) is 38.3 Å². The Morgan fingerprint density at radius 2 is 0.915 bits per heavy atom. The number of para-hydroxylation sites is 3. The molecule has 0 saturated carbocycles. The molecule has 222 valence electrons. The molecule has 0 atom stereocenters. The van der Waals surface area contributed by atoms with E-state index in [1.165, 1.54) is 88.4 Å². The second-order valence-electron chi connectivity index (χ2n) is 13.4. The van der Waals surface area contributed by atoms with Crippen LogP contribution in [-0.4, -0.2) is 9.13 Å². The Bertz CT molecular complexity index is 2690. The molecule has 0 spiro atoms. The first-order chi connectivity index (χ1) is 23.1. The van der Waals surface area contributed by atoms with Crippen molar-refractivity contribution in [3.05, 3.63) is 169 Å². The Labute approximate surface area is 273 Å². The molecule has 2 heteroatoms. The summed E-state index contributed by atoms with van der Waals surface area (Å²) in [6.45, 7) is 4.73. The van der Waals surface area contributed by atoms with Gasteiger partial charge in [-0.3, -0.25) is 0 Å². The van der Waals surface area contributed by atoms with E-state index in [1.807, 2.05) is 0 Å². The number of nitrogens with zero attached hydrogens (tertiary/aromatic N) is 2. The van der Waals surface area contributed by atoms with Crippen LogP contribution in [0.4, 0.5) is 0 Å². The Morgan fingerprint density at radius 3 is 1.70 bits per heavy atom. The summed E-state index contributed by atoms with van der Waals surface area (Å²) in [6, 6.07) is 58.1. The van der Waals surface area contributed by atoms with Gasteiger partial charge in [-0.1, -0.05) is 111 Å². The fraction of sp³-hybridized carbons (Fsp3) is 0.0667. The Balaban J connectivity index is 1.23. The number of rotatable bonds is 3. The first-order valence-corrected chi connectivity index (χ1v) is 16.4. The van der Waals surface area contributed by atoms with Crippen LogP contribution in [-0.2, 0) is 5.41 Å². The SMILES string of the molecule is CC1(C)c2ccccc2-c2cc3c(cc21)c1ccc(-c2ccc4c(c2)c2ccccc2n4-c2ccccc2)cc1n3-c1ccccc1. The lowest BCUT2D eigenvalue weighted by molar-refractivity contribution is 0.661. The minimum Gasteiger partial charge on any atom is -0.309 e. The summed E-state index contributed by atoms with van der Waals surface area (Å²) in [7, 11) is 0. The molecule has 7 aromatic carbocycles. The van der Waals surface area contributed by atoms with Crippen LogP contribution < -0.4 is 0 Å². The zero-order valence-corrected chi connectivity index (χ0v) is 26.4. The zero-order valence-electron chi connectivity index (χ0n) is 26.4. The highest BCUT2D eigenvalue weighted by Crippen LogP contribution is 2.51. The molecular formula is C45H32N2. The first kappa shape index (κ1) is 26.4. The molecule has 0 fully saturated rings. The number of fused-ring (bicyclic) bond motifs is 9. The first-order valence-electron chi connectivity index (χ1n) is 16.4. The Kier molecular flexibility index (Phi) is 5.37. The number of hydrogen-bond donors (Lipinski definition) is 0. The van der Waals surface area contributed by atoms with Gasteiger partial charge in [0.25, 0.3) is 0 Å². The van der Waals surface area contributed by atoms with Crippen molar-refractivity contribution >= 4 is 43.6 Å². The van der Waals surface area contributed by atoms with Crippen molar-refractivity contribution < 1.29 is 0 Å². The second kappa shape index (κ2) is 9.57. The molecule has 9 aromatic rings. The van der Waals surface area contributed by atoms with E-state index in [0.717, 1.165) is 0 Å². The standard InChI is InChI=1S/C45H32N2/c1-45(2)39-19-11-9-17-33(39)36-28-44-38(27-40(36)45)35-23-21-30(26-43(35)47(44)32-15-7-4-8-16-32)29-22-24-42-37(25-29)34-18-10-12-20-41(34)46(42)31-13-5-3-6-14-31/h3-28H,1-2H3. The summed E-state index contributed by atoms with van der Waals surface area (Å²) in [6.07, 6.45) is 0. The molecule has 0 bridgehead atoms. The van der Waals surface area contributed by atoms with Crippen LogP contribution in [0.25, 0.3) is 77.2 Å². The third kappa shape index (κ3) is 3.67. The summed E-state index contributed by atoms with van der Waals surface area (Å²) in [5, 5.41) is 5.12. The van der Waals surface area contributed by atoms with E-state index < -0.39 is 0 Å². The maximum atomic E-state index is 2.47. The lowest BCUT2D eigenvalue weighted by Crippen LogP contribution is -2.14. The van der Waals surface area contributed by atoms with E-state index >= 15 is 0 Å². The van der Waals surface area contributed by atoms with E-state index in [1.54, 1.807) is 0 Å². The maximum absolute atomic E-state index is 2.47. The third-order valence-corrected chi connectivity index (χ3v) is 10.5. The van der Waals surface area contributed by atoms with Gasteiger partial charge in [0.15, 0.2) is 0 Å². The van der Waals surface area contributed by atoms with Gasteiger partial charge < -0.3 is 9.13 Å². The summed E-state index contributed by atoms with van der Waals surface area (Å²) < 4.78 is 4.84. The van der Waals surface area contributed by atoms with Crippen molar-refractivity contribution in [3.8, 4) is 33.6 Å². The molecule has 0 unspecified atom stereocenters. The second-order valence-corrected chi connectivity index (χ2v) is 13.4. The van der Waals surface area contributed by atoms with E-state index in [0.29, 0.717) is 0 Å². The fourth-order valence-electron chi connectivity index (χ4n) is 8.25. The average molecular weight is 601 g/mol. The monoisotopic (exact) mass is 600 g/mol. The molecule has 0 N–H and O–H groups in total. The smallest absolute Gasteiger partial charge is 0.0547 e. The molecule has 0 aliphatic heterocycles. The number of aromatic nitrogens is 2. The molecule has 0 amide bonds. The lowest BCUT2D eigenvalue weighted by atomic mass is 9.82. The van der Waals surface area contributed by atoms with E-state index in [9.17, 15) is 0 Å². The summed E-state index contributed by atoms with van der Waals surface area (Å²) in [4.78, 5) is 0. The van der Waals surface area contributed by atoms with Crippen molar-refractivity contribution in [3.63, 3.8) is 0 Å². The van der Waals surface area contributed by atoms with Crippen molar-refractivity contribution in [2.75, 3.05) is 0 Å². The fourth-order valence-corrected chi connectivity index (χ4v) is 8.25. The van der Waals surface area contributed by atoms with Crippen LogP contribution in [0.2, 0.25) is 0 Å². The van der Waals surface area contributed by atoms with Crippen molar-refractivity contribution in [1.82, 2.24) is 9.13 Å². The molecule has 0 saturated heterocycles. The van der Waals surface area contributed by atoms with Crippen LogP contribution in [0.5, 0.6) is 0 Å². The van der Waals surface area contributed by atoms with Crippen LogP contribution in [0.1, 0.15) is 25.0 Å². The molecule has 10 rings (SSSR count). The number of benzene rings is 7. The van der Waals surface area contributed by atoms with Gasteiger partial charge in [-0.25, -0.2) is 0 Å². The highest BCUT2D eigenvalue weighted by molar-refractivity contribution is 6.13. The highest BCUT2D eigenvalue weighted by atomic mass is 15.0. The minimum atomic E-state index is -0.0461. The minimum absolute atomic E-state index is 0.0461. The Morgan fingerprint density at radius 1 is 0.362 bits per heavy atom. The van der Waals surface area contributed by atoms with E-state index in [2.05, 4.69) is 181 Å². The summed E-state index contributed by atoms with van der Waals surface area (Å²) in [5.41, 5.74) is 15.2. The van der Waals surface area contributed by atoms with Gasteiger partial charge in [-0.05, 0) is 94.0 Å². The van der Waals surface area contributed by atoms with Crippen molar-refractivity contribution in [2.24, 2.45) is 0 Å². The highest BCUT2D eigenvalue weighted by Gasteiger charge is 2.36. The van der Waals surface area contributed by atoms with Crippen LogP contribution >= 0.6 is 0 Å². The lowest BCUT2D eigenvalue weighted by Gasteiger charge is -2.21. The molecule has 1 aliphatic rings. The molecule has 2 nitrogen and oxygen atoms in total. The quantitative estimate of drug-likeness (QED) is 0.191. The summed E-state index contributed by atoms with van der Waals surface area (Å²) in [5.74, 6) is 0. The molecule has 0 radical (unpaired) electrons. The number of hydrogen-bond acceptors (Lipinski definition) is 0. The van der Waals surface area contributed by atoms with Gasteiger partial charge in [0.1, 0.15) is 0 Å². The average Bonchev–Trinajstić information content (AvgIpc) is 3.70. The Hall–Kier alpha value is -5.86. The van der Waals surface area contributed by atoms with Crippen LogP contribution in [0.3, 0.4) is 0 Å². The van der Waals surface area contributed by atoms with Crippen molar-refractivity contribution in [1.29, 1.82) is 0 Å². The summed E-state index contributed by atoms with van der Waals surface area (Å²) >= 11 is 0. The van der Waals surface area contributed by atoms with Crippen molar-refractivity contribution in [2.45, 2.75) is 19.3 Å². The van der Waals surface area contributed by atoms with Gasteiger partial charge in [0.2, 0.25) is 0 Å². The van der Waals surface area contributed by atoms with Gasteiger partial charge in [-0.2, -0.15) is 0 Å². The molecule has 2 heterocycles. The van der Waals surface area contributed by atoms with Crippen LogP contribution in [0.15, 0.2) is 158 Å². The predicted octanol–water partition coefficient (Wildman–Crippen LogP) is 11.9. The molecule has 47 heavy (non-hydrogen) atoms. The van der Waals surface area contributed by atoms with Gasteiger partial charge in [0.05, 0.1) is 22.1 Å². The topological polar surface area (TPSA) is 9.86 Å². The maximum Gasteiger partial charge on any atom is 0.0547 e. The zero-order chi connectivity index (χ0) is 31.3. The predicted molar refractivity (Wildman–Crippen MR) is 198 cm³/mol. The van der Waals surface area contributed by atoms with E-state index in [-0.39, 0.29) is 5.41 Å². The molecular weight excluding hydrogens is 569 g/mol. The normalized spacial score (nSPS) is 13.5. The van der Waals surface area contributed by atoms with Gasteiger partial charge >= 0.3 is 0 Å².